The normalized spacial score (nSPS) is 37.0. The molecule has 2 aliphatic rings. The minimum Gasteiger partial charge on any atom is -0.465 e. The van der Waals surface area contributed by atoms with Gasteiger partial charge >= 0.3 is 6.09 Å². The van der Waals surface area contributed by atoms with Gasteiger partial charge in [0.15, 0.2) is 0 Å². The van der Waals surface area contributed by atoms with Crippen LogP contribution in [-0.2, 0) is 0 Å². The van der Waals surface area contributed by atoms with Crippen LogP contribution in [0, 0.1) is 0 Å². The molecule has 2 N–H and O–H groups in total. The van der Waals surface area contributed by atoms with Crippen LogP contribution in [0.3, 0.4) is 0 Å². The van der Waals surface area contributed by atoms with Crippen molar-refractivity contribution in [3.8, 4) is 0 Å². The Morgan fingerprint density at radius 2 is 2.20 bits per heavy atom. The summed E-state index contributed by atoms with van der Waals surface area (Å²) in [7, 11) is 0. The second kappa shape index (κ2) is 4.61. The summed E-state index contributed by atoms with van der Waals surface area (Å²) in [5, 5.41) is 11.7. The van der Waals surface area contributed by atoms with E-state index < -0.39 is 6.09 Å². The lowest BCUT2D eigenvalue weighted by molar-refractivity contribution is 0.188. The standard InChI is InChI=1S/C10H18N2O2S/c13-10(14)11-7-1-2-8(5-7)12-4-3-9(15)6-12/h7-9,11,15H,1-6H2,(H,13,14)/t7-,8-,9?/m1/s1. The molecule has 0 aromatic carbocycles. The lowest BCUT2D eigenvalue weighted by Gasteiger charge is -2.23. The number of thiol groups is 1. The maximum atomic E-state index is 10.5. The van der Waals surface area contributed by atoms with E-state index in [-0.39, 0.29) is 6.04 Å². The predicted octanol–water partition coefficient (Wildman–Crippen LogP) is 1.18. The van der Waals surface area contributed by atoms with Crippen molar-refractivity contribution in [2.45, 2.75) is 43.0 Å². The van der Waals surface area contributed by atoms with Crippen molar-refractivity contribution >= 4 is 18.7 Å². The van der Waals surface area contributed by atoms with E-state index in [4.69, 9.17) is 5.11 Å². The minimum atomic E-state index is -0.894. The zero-order chi connectivity index (χ0) is 10.8. The Hall–Kier alpha value is -0.420. The van der Waals surface area contributed by atoms with Crippen molar-refractivity contribution in [1.82, 2.24) is 10.2 Å². The van der Waals surface area contributed by atoms with Crippen molar-refractivity contribution in [2.24, 2.45) is 0 Å². The van der Waals surface area contributed by atoms with Gasteiger partial charge in [-0.25, -0.2) is 4.79 Å². The first-order valence-electron chi connectivity index (χ1n) is 5.56. The van der Waals surface area contributed by atoms with Gasteiger partial charge in [-0.2, -0.15) is 12.6 Å². The Bertz CT molecular complexity index is 250. The molecule has 86 valence electrons. The summed E-state index contributed by atoms with van der Waals surface area (Å²) in [5.74, 6) is 0. The third-order valence-electron chi connectivity index (χ3n) is 3.44. The molecular formula is C10H18N2O2S. The average molecular weight is 230 g/mol. The average Bonchev–Trinajstić information content (AvgIpc) is 2.72. The molecule has 1 saturated carbocycles. The summed E-state index contributed by atoms with van der Waals surface area (Å²) in [6.45, 7) is 2.19. The predicted molar refractivity (Wildman–Crippen MR) is 61.6 cm³/mol. The third-order valence-corrected chi connectivity index (χ3v) is 3.87. The highest BCUT2D eigenvalue weighted by Gasteiger charge is 2.33. The first-order chi connectivity index (χ1) is 7.15. The van der Waals surface area contributed by atoms with Gasteiger partial charge in [-0.15, -0.1) is 0 Å². The number of nitrogens with zero attached hydrogens (tertiary/aromatic N) is 1. The highest BCUT2D eigenvalue weighted by atomic mass is 32.1. The first kappa shape index (κ1) is 11.1. The van der Waals surface area contributed by atoms with Gasteiger partial charge < -0.3 is 10.4 Å². The SMILES string of the molecule is O=C(O)N[C@@H]1CC[C@@H](N2CCC(S)C2)C1. The summed E-state index contributed by atoms with van der Waals surface area (Å²) in [5.41, 5.74) is 0. The Labute approximate surface area is 95.4 Å². The van der Waals surface area contributed by atoms with Crippen molar-refractivity contribution in [2.75, 3.05) is 13.1 Å². The second-order valence-corrected chi connectivity index (χ2v) is 5.28. The molecule has 2 rings (SSSR count). The lowest BCUT2D eigenvalue weighted by atomic mass is 10.2. The quantitative estimate of drug-likeness (QED) is 0.624. The molecule has 1 aliphatic heterocycles. The topological polar surface area (TPSA) is 52.6 Å². The Morgan fingerprint density at radius 1 is 1.40 bits per heavy atom. The number of carbonyl (C=O) groups is 1. The molecule has 0 aromatic heterocycles. The summed E-state index contributed by atoms with van der Waals surface area (Å²) in [6.07, 6.45) is 3.33. The molecule has 1 heterocycles. The van der Waals surface area contributed by atoms with Gasteiger partial charge in [0.1, 0.15) is 0 Å². The van der Waals surface area contributed by atoms with E-state index in [0.29, 0.717) is 11.3 Å². The van der Waals surface area contributed by atoms with E-state index in [1.54, 1.807) is 0 Å². The maximum Gasteiger partial charge on any atom is 0.404 e. The van der Waals surface area contributed by atoms with Gasteiger partial charge in [-0.1, -0.05) is 0 Å². The molecule has 0 aromatic rings. The fourth-order valence-corrected chi connectivity index (χ4v) is 3.02. The smallest absolute Gasteiger partial charge is 0.404 e. The summed E-state index contributed by atoms with van der Waals surface area (Å²) in [4.78, 5) is 13.0. The molecule has 2 fully saturated rings. The van der Waals surface area contributed by atoms with Crippen molar-refractivity contribution in [3.63, 3.8) is 0 Å². The van der Waals surface area contributed by atoms with E-state index in [9.17, 15) is 4.79 Å². The summed E-state index contributed by atoms with van der Waals surface area (Å²) < 4.78 is 0. The number of hydrogen-bond acceptors (Lipinski definition) is 3. The molecule has 1 saturated heterocycles. The van der Waals surface area contributed by atoms with Crippen LogP contribution in [0.4, 0.5) is 4.79 Å². The summed E-state index contributed by atoms with van der Waals surface area (Å²) in [6, 6.07) is 0.727. The van der Waals surface area contributed by atoms with Gasteiger partial charge in [0.05, 0.1) is 0 Å². The van der Waals surface area contributed by atoms with E-state index in [1.807, 2.05) is 0 Å². The molecule has 15 heavy (non-hydrogen) atoms. The number of nitrogens with one attached hydrogen (secondary N) is 1. The highest BCUT2D eigenvalue weighted by Crippen LogP contribution is 2.28. The molecule has 1 aliphatic carbocycles. The maximum absolute atomic E-state index is 10.5. The Balaban J connectivity index is 1.79. The van der Waals surface area contributed by atoms with Gasteiger partial charge in [-0.05, 0) is 32.2 Å². The van der Waals surface area contributed by atoms with Gasteiger partial charge in [-0.3, -0.25) is 4.90 Å². The van der Waals surface area contributed by atoms with E-state index in [2.05, 4.69) is 22.8 Å². The zero-order valence-electron chi connectivity index (χ0n) is 8.72. The molecular weight excluding hydrogens is 212 g/mol. The number of rotatable bonds is 2. The van der Waals surface area contributed by atoms with Crippen LogP contribution in [-0.4, -0.2) is 46.5 Å². The second-order valence-electron chi connectivity index (χ2n) is 4.55. The zero-order valence-corrected chi connectivity index (χ0v) is 9.62. The van der Waals surface area contributed by atoms with Gasteiger partial charge in [0, 0.05) is 23.9 Å². The van der Waals surface area contributed by atoms with Crippen LogP contribution in [0.2, 0.25) is 0 Å². The molecule has 1 amide bonds. The van der Waals surface area contributed by atoms with Crippen LogP contribution < -0.4 is 5.32 Å². The third kappa shape index (κ3) is 2.78. The molecule has 5 heteroatoms. The number of carboxylic acid groups (broad SMARTS) is 1. The lowest BCUT2D eigenvalue weighted by Crippen LogP contribution is -2.35. The molecule has 0 radical (unpaired) electrons. The van der Waals surface area contributed by atoms with Crippen molar-refractivity contribution < 1.29 is 9.90 Å². The minimum absolute atomic E-state index is 0.159. The molecule has 0 bridgehead atoms. The fraction of sp³-hybridized carbons (Fsp3) is 0.900. The number of amides is 1. The van der Waals surface area contributed by atoms with Crippen LogP contribution >= 0.6 is 12.6 Å². The monoisotopic (exact) mass is 230 g/mol. The molecule has 4 nitrogen and oxygen atoms in total. The van der Waals surface area contributed by atoms with Gasteiger partial charge in [0.25, 0.3) is 0 Å². The number of hydrogen-bond donors (Lipinski definition) is 3. The summed E-state index contributed by atoms with van der Waals surface area (Å²) >= 11 is 4.47. The molecule has 3 atom stereocenters. The Morgan fingerprint density at radius 3 is 2.80 bits per heavy atom. The van der Waals surface area contributed by atoms with Crippen molar-refractivity contribution in [1.29, 1.82) is 0 Å². The molecule has 0 spiro atoms. The van der Waals surface area contributed by atoms with Crippen LogP contribution in [0.25, 0.3) is 0 Å². The van der Waals surface area contributed by atoms with Crippen LogP contribution in [0.5, 0.6) is 0 Å². The first-order valence-corrected chi connectivity index (χ1v) is 6.08. The van der Waals surface area contributed by atoms with E-state index in [0.717, 1.165) is 38.8 Å². The van der Waals surface area contributed by atoms with Gasteiger partial charge in [0.2, 0.25) is 0 Å². The highest BCUT2D eigenvalue weighted by molar-refractivity contribution is 7.81. The fourth-order valence-electron chi connectivity index (χ4n) is 2.69. The molecule has 1 unspecified atom stereocenters. The largest absolute Gasteiger partial charge is 0.465 e. The number of likely N-dealkylation sites (tertiary alicyclic amines) is 1. The van der Waals surface area contributed by atoms with E-state index in [1.165, 1.54) is 0 Å². The van der Waals surface area contributed by atoms with E-state index >= 15 is 0 Å². The van der Waals surface area contributed by atoms with Crippen molar-refractivity contribution in [3.05, 3.63) is 0 Å². The Kier molecular flexibility index (Phi) is 3.41. The van der Waals surface area contributed by atoms with Crippen LogP contribution in [0.15, 0.2) is 0 Å². The van der Waals surface area contributed by atoms with Crippen LogP contribution in [0.1, 0.15) is 25.7 Å².